The molecule has 0 saturated carbocycles. The van der Waals surface area contributed by atoms with E-state index < -0.39 is 11.7 Å². The number of rotatable bonds is 5. The maximum absolute atomic E-state index is 13.9. The molecule has 7 nitrogen and oxygen atoms in total. The van der Waals surface area contributed by atoms with Gasteiger partial charge in [-0.3, -0.25) is 4.79 Å². The Hall–Kier alpha value is -5.34. The van der Waals surface area contributed by atoms with Gasteiger partial charge in [-0.15, -0.1) is 11.3 Å². The Morgan fingerprint density at radius 2 is 1.63 bits per heavy atom. The zero-order valence-electron chi connectivity index (χ0n) is 21.9. The predicted octanol–water partition coefficient (Wildman–Crippen LogP) is 6.24. The topological polar surface area (TPSA) is 109 Å². The van der Waals surface area contributed by atoms with Crippen molar-refractivity contribution in [1.82, 2.24) is 10.3 Å². The van der Waals surface area contributed by atoms with E-state index >= 15 is 0 Å². The lowest BCUT2D eigenvalue weighted by molar-refractivity contribution is -0.672. The summed E-state index contributed by atoms with van der Waals surface area (Å²) in [6.07, 6.45) is 0. The van der Waals surface area contributed by atoms with Crippen LogP contribution in [0.3, 0.4) is 0 Å². The van der Waals surface area contributed by atoms with Crippen molar-refractivity contribution in [2.45, 2.75) is 6.92 Å². The van der Waals surface area contributed by atoms with E-state index in [4.69, 9.17) is 15.2 Å². The maximum atomic E-state index is 13.9. The molecule has 0 amide bonds. The van der Waals surface area contributed by atoms with Crippen molar-refractivity contribution in [3.63, 3.8) is 0 Å². The molecule has 0 radical (unpaired) electrons. The van der Waals surface area contributed by atoms with Crippen LogP contribution in [0.2, 0.25) is 0 Å². The number of fused-ring (bicyclic) bond motifs is 2. The Kier molecular flexibility index (Phi) is 5.83. The SMILES string of the molecule is Cc1ccc(-c2cc(-c3cccc4ccccc34)nc3sc(C(=O)c4c([O-])on[n+]4-c4ccccc4)c(N)c23)cc1. The lowest BCUT2D eigenvalue weighted by Crippen LogP contribution is -2.39. The molecule has 3 heterocycles. The first kappa shape index (κ1) is 24.7. The molecule has 8 heteroatoms. The van der Waals surface area contributed by atoms with Gasteiger partial charge < -0.3 is 15.4 Å². The number of pyridine rings is 1. The minimum atomic E-state index is -0.834. The minimum Gasteiger partial charge on any atom is -0.539 e. The molecular weight excluding hydrogens is 532 g/mol. The number of aryl methyl sites for hydroxylation is 1. The van der Waals surface area contributed by atoms with Gasteiger partial charge in [-0.2, -0.15) is 0 Å². The summed E-state index contributed by atoms with van der Waals surface area (Å²) in [7, 11) is 0. The smallest absolute Gasteiger partial charge is 0.312 e. The zero-order chi connectivity index (χ0) is 28.1. The monoisotopic (exact) mass is 554 g/mol. The summed E-state index contributed by atoms with van der Waals surface area (Å²) in [5.74, 6) is -1.40. The van der Waals surface area contributed by atoms with Gasteiger partial charge in [-0.05, 0) is 39.6 Å². The van der Waals surface area contributed by atoms with E-state index in [2.05, 4.69) is 23.5 Å². The summed E-state index contributed by atoms with van der Waals surface area (Å²) in [5.41, 5.74) is 12.0. The second-order valence-electron chi connectivity index (χ2n) is 9.76. The molecule has 198 valence electrons. The summed E-state index contributed by atoms with van der Waals surface area (Å²) in [4.78, 5) is 19.7. The molecule has 0 fully saturated rings. The number of benzene rings is 4. The fourth-order valence-corrected chi connectivity index (χ4v) is 6.19. The molecule has 0 spiro atoms. The number of nitrogens with zero attached hydrogens (tertiary/aromatic N) is 3. The van der Waals surface area contributed by atoms with Crippen molar-refractivity contribution in [3.05, 3.63) is 119 Å². The Labute approximate surface area is 238 Å². The highest BCUT2D eigenvalue weighted by molar-refractivity contribution is 7.21. The van der Waals surface area contributed by atoms with E-state index in [9.17, 15) is 9.90 Å². The lowest BCUT2D eigenvalue weighted by Gasteiger charge is -2.11. The molecular formula is C33H22N4O3S. The summed E-state index contributed by atoms with van der Waals surface area (Å²) in [5, 5.41) is 19.4. The molecule has 0 aliphatic heterocycles. The van der Waals surface area contributed by atoms with Crippen LogP contribution in [0.15, 0.2) is 108 Å². The van der Waals surface area contributed by atoms with Crippen molar-refractivity contribution in [1.29, 1.82) is 0 Å². The van der Waals surface area contributed by atoms with Gasteiger partial charge in [0, 0.05) is 23.1 Å². The summed E-state index contributed by atoms with van der Waals surface area (Å²) >= 11 is 1.16. The van der Waals surface area contributed by atoms with Crippen molar-refractivity contribution >= 4 is 43.8 Å². The highest BCUT2D eigenvalue weighted by atomic mass is 32.1. The molecule has 0 aliphatic rings. The molecule has 3 aromatic heterocycles. The van der Waals surface area contributed by atoms with E-state index in [1.165, 1.54) is 4.68 Å². The third-order valence-corrected chi connectivity index (χ3v) is 8.26. The Balaban J connectivity index is 1.47. The third kappa shape index (κ3) is 4.13. The van der Waals surface area contributed by atoms with E-state index in [-0.39, 0.29) is 16.3 Å². The van der Waals surface area contributed by atoms with Gasteiger partial charge in [0.15, 0.2) is 5.95 Å². The molecule has 0 unspecified atom stereocenters. The van der Waals surface area contributed by atoms with Gasteiger partial charge in [0.25, 0.3) is 5.78 Å². The first-order valence-corrected chi connectivity index (χ1v) is 13.8. The minimum absolute atomic E-state index is 0.209. The van der Waals surface area contributed by atoms with Crippen LogP contribution in [0, 0.1) is 6.92 Å². The van der Waals surface area contributed by atoms with E-state index in [0.717, 1.165) is 50.1 Å². The number of carbonyl (C=O) groups excluding carboxylic acids is 1. The van der Waals surface area contributed by atoms with Crippen molar-refractivity contribution in [3.8, 4) is 34.0 Å². The Morgan fingerprint density at radius 1 is 0.902 bits per heavy atom. The second kappa shape index (κ2) is 9.69. The van der Waals surface area contributed by atoms with Crippen LogP contribution in [-0.4, -0.2) is 16.0 Å². The van der Waals surface area contributed by atoms with Crippen LogP contribution in [0.5, 0.6) is 5.95 Å². The summed E-state index contributed by atoms with van der Waals surface area (Å²) in [6, 6.07) is 33.3. The molecule has 7 rings (SSSR count). The number of thiophene rings is 1. The fourth-order valence-electron chi connectivity index (χ4n) is 5.13. The number of anilines is 1. The molecule has 41 heavy (non-hydrogen) atoms. The van der Waals surface area contributed by atoms with Gasteiger partial charge in [0.1, 0.15) is 9.71 Å². The van der Waals surface area contributed by atoms with Crippen LogP contribution < -0.4 is 15.5 Å². The predicted molar refractivity (Wildman–Crippen MR) is 158 cm³/mol. The van der Waals surface area contributed by atoms with Crippen molar-refractivity contribution < 1.29 is 19.1 Å². The van der Waals surface area contributed by atoms with Gasteiger partial charge in [-0.25, -0.2) is 4.98 Å². The zero-order valence-corrected chi connectivity index (χ0v) is 22.7. The molecule has 0 bridgehead atoms. The van der Waals surface area contributed by atoms with Crippen LogP contribution in [0.1, 0.15) is 20.9 Å². The van der Waals surface area contributed by atoms with Crippen LogP contribution in [0.25, 0.3) is 49.1 Å². The number of para-hydroxylation sites is 1. The number of hydrogen-bond acceptors (Lipinski definition) is 7. The van der Waals surface area contributed by atoms with Crippen molar-refractivity contribution in [2.24, 2.45) is 0 Å². The lowest BCUT2D eigenvalue weighted by atomic mass is 9.96. The van der Waals surface area contributed by atoms with Gasteiger partial charge in [0.2, 0.25) is 5.69 Å². The average molecular weight is 555 g/mol. The third-order valence-electron chi connectivity index (χ3n) is 7.16. The van der Waals surface area contributed by atoms with Crippen LogP contribution >= 0.6 is 11.3 Å². The largest absolute Gasteiger partial charge is 0.539 e. The van der Waals surface area contributed by atoms with Crippen molar-refractivity contribution in [2.75, 3.05) is 5.73 Å². The molecule has 0 atom stereocenters. The Morgan fingerprint density at radius 3 is 2.44 bits per heavy atom. The van der Waals surface area contributed by atoms with Gasteiger partial charge >= 0.3 is 5.69 Å². The summed E-state index contributed by atoms with van der Waals surface area (Å²) < 4.78 is 6.13. The van der Waals surface area contributed by atoms with Gasteiger partial charge in [0.05, 0.1) is 16.7 Å². The fraction of sp³-hybridized carbons (Fsp3) is 0.0303. The number of nitrogens with two attached hydrogens (primary N) is 1. The van der Waals surface area contributed by atoms with Crippen LogP contribution in [0.4, 0.5) is 5.69 Å². The second-order valence-corrected chi connectivity index (χ2v) is 10.8. The molecule has 0 aliphatic carbocycles. The molecule has 4 aromatic carbocycles. The first-order chi connectivity index (χ1) is 20.0. The molecule has 2 N–H and O–H groups in total. The molecule has 7 aromatic rings. The average Bonchev–Trinajstić information content (AvgIpc) is 3.56. The number of ketones is 1. The summed E-state index contributed by atoms with van der Waals surface area (Å²) in [6.45, 7) is 2.03. The highest BCUT2D eigenvalue weighted by Gasteiger charge is 2.32. The normalized spacial score (nSPS) is 11.3. The Bertz CT molecular complexity index is 2090. The van der Waals surface area contributed by atoms with E-state index in [1.807, 2.05) is 67.6 Å². The number of hydrogen-bond donors (Lipinski definition) is 1. The van der Waals surface area contributed by atoms with E-state index in [0.29, 0.717) is 15.9 Å². The first-order valence-electron chi connectivity index (χ1n) is 13.0. The number of nitrogen functional groups attached to an aromatic ring is 1. The quantitative estimate of drug-likeness (QED) is 0.199. The number of carbonyl (C=O) groups is 1. The standard InChI is InChI=1S/C33H22N4O3S/c1-19-14-16-21(17-15-19)25-18-26(24-13-7-9-20-8-5-6-12-23(20)24)35-32-27(25)28(34)31(41-32)30(38)29-33(39)40-36-37(29)22-10-3-2-4-11-22/h2-18H,1H3,(H2-,34,36,38,39). The molecule has 0 saturated heterocycles. The van der Waals surface area contributed by atoms with E-state index in [1.54, 1.807) is 24.3 Å². The highest BCUT2D eigenvalue weighted by Crippen LogP contribution is 2.43. The maximum Gasteiger partial charge on any atom is 0.312 e. The van der Waals surface area contributed by atoms with Gasteiger partial charge in [-0.1, -0.05) is 90.5 Å². The van der Waals surface area contributed by atoms with Crippen LogP contribution in [-0.2, 0) is 0 Å². The number of aromatic nitrogens is 3.